The van der Waals surface area contributed by atoms with Crippen LogP contribution in [0.1, 0.15) is 31.4 Å². The molecule has 0 aromatic heterocycles. The lowest BCUT2D eigenvalue weighted by molar-refractivity contribution is -0.116. The average Bonchev–Trinajstić information content (AvgIpc) is 2.52. The topological polar surface area (TPSA) is 26.3 Å². The zero-order valence-corrected chi connectivity index (χ0v) is 12.5. The van der Waals surface area contributed by atoms with Crippen molar-refractivity contribution in [1.82, 2.24) is 0 Å². The van der Waals surface area contributed by atoms with Crippen LogP contribution in [0.4, 0.5) is 0 Å². The summed E-state index contributed by atoms with van der Waals surface area (Å²) in [7, 11) is 0. The van der Waals surface area contributed by atoms with E-state index in [9.17, 15) is 4.79 Å². The van der Waals surface area contributed by atoms with Crippen LogP contribution < -0.4 is 4.74 Å². The Morgan fingerprint density at radius 3 is 2.29 bits per heavy atom. The summed E-state index contributed by atoms with van der Waals surface area (Å²) in [4.78, 5) is 11.0. The van der Waals surface area contributed by atoms with Gasteiger partial charge in [-0.25, -0.2) is 0 Å². The molecule has 2 rings (SSSR count). The highest BCUT2D eigenvalue weighted by molar-refractivity contribution is 5.75. The van der Waals surface area contributed by atoms with E-state index in [4.69, 9.17) is 4.74 Å². The molecule has 0 aliphatic rings. The Hall–Kier alpha value is -2.35. The molecule has 2 aromatic rings. The highest BCUT2D eigenvalue weighted by atomic mass is 16.5. The Morgan fingerprint density at radius 1 is 1.00 bits per heavy atom. The van der Waals surface area contributed by atoms with Crippen LogP contribution in [0, 0.1) is 0 Å². The Bertz CT molecular complexity index is 610. The molecular weight excluding hydrogens is 260 g/mol. The van der Waals surface area contributed by atoms with Gasteiger partial charge in [-0.2, -0.15) is 0 Å². The molecule has 0 saturated carbocycles. The number of Topliss-reactive ketones (excluding diaryl/α,β-unsaturated/α-hetero) is 1. The standard InChI is InChI=1S/C19H20O2/c1-15(18-6-4-3-5-7-18)14-21-19-12-10-17(11-13-19)9-8-16(2)20/h3-7,10-14H,8-9H2,1-2H3. The Balaban J connectivity index is 1.96. The molecule has 21 heavy (non-hydrogen) atoms. The normalized spacial score (nSPS) is 11.2. The van der Waals surface area contributed by atoms with Crippen molar-refractivity contribution in [2.75, 3.05) is 0 Å². The zero-order valence-electron chi connectivity index (χ0n) is 12.5. The molecule has 0 aliphatic heterocycles. The third-order valence-electron chi connectivity index (χ3n) is 3.29. The van der Waals surface area contributed by atoms with E-state index in [0.717, 1.165) is 28.9 Å². The second kappa shape index (κ2) is 7.44. The molecule has 0 spiro atoms. The maximum atomic E-state index is 11.0. The van der Waals surface area contributed by atoms with Crippen molar-refractivity contribution in [3.05, 3.63) is 72.0 Å². The number of aryl methyl sites for hydroxylation is 1. The summed E-state index contributed by atoms with van der Waals surface area (Å²) in [6.07, 6.45) is 3.14. The van der Waals surface area contributed by atoms with E-state index in [1.165, 1.54) is 0 Å². The maximum Gasteiger partial charge on any atom is 0.130 e. The number of ketones is 1. The quantitative estimate of drug-likeness (QED) is 0.720. The molecule has 0 aliphatic carbocycles. The summed E-state index contributed by atoms with van der Waals surface area (Å²) in [6, 6.07) is 18.0. The van der Waals surface area contributed by atoms with Gasteiger partial charge in [0.1, 0.15) is 11.5 Å². The average molecular weight is 280 g/mol. The second-order valence-electron chi connectivity index (χ2n) is 5.13. The van der Waals surface area contributed by atoms with Crippen LogP contribution in [0.5, 0.6) is 5.75 Å². The van der Waals surface area contributed by atoms with E-state index < -0.39 is 0 Å². The van der Waals surface area contributed by atoms with Gasteiger partial charge in [0.25, 0.3) is 0 Å². The number of benzene rings is 2. The lowest BCUT2D eigenvalue weighted by Crippen LogP contribution is -1.94. The van der Waals surface area contributed by atoms with Crippen LogP contribution in [0.3, 0.4) is 0 Å². The van der Waals surface area contributed by atoms with Crippen LogP contribution >= 0.6 is 0 Å². The fraction of sp³-hybridized carbons (Fsp3) is 0.211. The minimum atomic E-state index is 0.219. The summed E-state index contributed by atoms with van der Waals surface area (Å²) in [5.74, 6) is 1.02. The van der Waals surface area contributed by atoms with E-state index in [1.54, 1.807) is 13.2 Å². The molecule has 2 nitrogen and oxygen atoms in total. The van der Waals surface area contributed by atoms with Crippen molar-refractivity contribution in [1.29, 1.82) is 0 Å². The van der Waals surface area contributed by atoms with Crippen LogP contribution in [0.2, 0.25) is 0 Å². The summed E-state index contributed by atoms with van der Waals surface area (Å²) in [6.45, 7) is 3.64. The summed E-state index contributed by atoms with van der Waals surface area (Å²) >= 11 is 0. The van der Waals surface area contributed by atoms with E-state index in [2.05, 4.69) is 12.1 Å². The van der Waals surface area contributed by atoms with Crippen molar-refractivity contribution >= 4 is 11.4 Å². The fourth-order valence-electron chi connectivity index (χ4n) is 1.98. The van der Waals surface area contributed by atoms with E-state index >= 15 is 0 Å². The second-order valence-corrected chi connectivity index (χ2v) is 5.13. The highest BCUT2D eigenvalue weighted by Gasteiger charge is 1.99. The van der Waals surface area contributed by atoms with Crippen LogP contribution in [0.25, 0.3) is 5.57 Å². The lowest BCUT2D eigenvalue weighted by Gasteiger charge is -2.05. The molecule has 0 fully saturated rings. The predicted octanol–water partition coefficient (Wildman–Crippen LogP) is 4.65. The minimum Gasteiger partial charge on any atom is -0.465 e. The summed E-state index contributed by atoms with van der Waals surface area (Å²) in [5.41, 5.74) is 3.38. The highest BCUT2D eigenvalue weighted by Crippen LogP contribution is 2.17. The Labute approximate surface area is 126 Å². The van der Waals surface area contributed by atoms with Crippen molar-refractivity contribution in [3.63, 3.8) is 0 Å². The predicted molar refractivity (Wildman–Crippen MR) is 86.2 cm³/mol. The van der Waals surface area contributed by atoms with Gasteiger partial charge in [0, 0.05) is 6.42 Å². The van der Waals surface area contributed by atoms with Gasteiger partial charge in [0.15, 0.2) is 0 Å². The minimum absolute atomic E-state index is 0.219. The molecular formula is C19H20O2. The van der Waals surface area contributed by atoms with Crippen LogP contribution in [-0.4, -0.2) is 5.78 Å². The van der Waals surface area contributed by atoms with E-state index in [1.807, 2.05) is 49.4 Å². The molecule has 0 heterocycles. The first-order valence-electron chi connectivity index (χ1n) is 7.12. The molecule has 2 heteroatoms. The number of hydrogen-bond acceptors (Lipinski definition) is 2. The third kappa shape index (κ3) is 4.92. The number of carbonyl (C=O) groups is 1. The molecule has 108 valence electrons. The molecule has 2 aromatic carbocycles. The van der Waals surface area contributed by atoms with Gasteiger partial charge in [-0.1, -0.05) is 42.5 Å². The molecule has 0 bridgehead atoms. The van der Waals surface area contributed by atoms with Crippen molar-refractivity contribution in [2.24, 2.45) is 0 Å². The SMILES string of the molecule is CC(=O)CCc1ccc(OC=C(C)c2ccccc2)cc1. The molecule has 0 amide bonds. The van der Waals surface area contributed by atoms with E-state index in [0.29, 0.717) is 6.42 Å². The summed E-state index contributed by atoms with van der Waals surface area (Å²) in [5, 5.41) is 0. The van der Waals surface area contributed by atoms with Crippen molar-refractivity contribution in [2.45, 2.75) is 26.7 Å². The third-order valence-corrected chi connectivity index (χ3v) is 3.29. The number of allylic oxidation sites excluding steroid dienone is 1. The lowest BCUT2D eigenvalue weighted by atomic mass is 10.1. The van der Waals surface area contributed by atoms with Gasteiger partial charge >= 0.3 is 0 Å². The van der Waals surface area contributed by atoms with Crippen molar-refractivity contribution < 1.29 is 9.53 Å². The van der Waals surface area contributed by atoms with Crippen LogP contribution in [-0.2, 0) is 11.2 Å². The van der Waals surface area contributed by atoms with E-state index in [-0.39, 0.29) is 5.78 Å². The Kier molecular flexibility index (Phi) is 5.33. The number of rotatable bonds is 6. The first kappa shape index (κ1) is 15.0. The Morgan fingerprint density at radius 2 is 1.67 bits per heavy atom. The van der Waals surface area contributed by atoms with Gasteiger partial charge in [-0.05, 0) is 49.1 Å². The van der Waals surface area contributed by atoms with Gasteiger partial charge in [-0.3, -0.25) is 0 Å². The molecule has 0 N–H and O–H groups in total. The number of ether oxygens (including phenoxy) is 1. The smallest absolute Gasteiger partial charge is 0.130 e. The maximum absolute atomic E-state index is 11.0. The first-order chi connectivity index (χ1) is 10.1. The van der Waals surface area contributed by atoms with Crippen LogP contribution in [0.15, 0.2) is 60.9 Å². The first-order valence-corrected chi connectivity index (χ1v) is 7.12. The molecule has 0 radical (unpaired) electrons. The number of carbonyl (C=O) groups excluding carboxylic acids is 1. The number of hydrogen-bond donors (Lipinski definition) is 0. The molecule has 0 atom stereocenters. The zero-order chi connectivity index (χ0) is 15.1. The van der Waals surface area contributed by atoms with Gasteiger partial charge in [0.2, 0.25) is 0 Å². The van der Waals surface area contributed by atoms with Gasteiger partial charge in [0.05, 0.1) is 6.26 Å². The largest absolute Gasteiger partial charge is 0.465 e. The van der Waals surface area contributed by atoms with Gasteiger partial charge in [-0.15, -0.1) is 0 Å². The monoisotopic (exact) mass is 280 g/mol. The summed E-state index contributed by atoms with van der Waals surface area (Å²) < 4.78 is 5.67. The van der Waals surface area contributed by atoms with Gasteiger partial charge < -0.3 is 9.53 Å². The fourth-order valence-corrected chi connectivity index (χ4v) is 1.98. The van der Waals surface area contributed by atoms with Crippen molar-refractivity contribution in [3.8, 4) is 5.75 Å². The molecule has 0 unspecified atom stereocenters. The molecule has 0 saturated heterocycles.